The number of aromatic nitrogens is 1. The number of hydrogen-bond acceptors (Lipinski definition) is 8. The first-order valence-electron chi connectivity index (χ1n) is 11.4. The third-order valence-corrected chi connectivity index (χ3v) is 6.86. The summed E-state index contributed by atoms with van der Waals surface area (Å²) in [6.07, 6.45) is -3.06. The number of nitro benzene ring substituents is 1. The van der Waals surface area contributed by atoms with Crippen molar-refractivity contribution in [3.8, 4) is 5.75 Å². The molecule has 0 unspecified atom stereocenters. The van der Waals surface area contributed by atoms with Gasteiger partial charge >= 0.3 is 6.18 Å². The van der Waals surface area contributed by atoms with Crippen LogP contribution in [0, 0.1) is 13.7 Å². The normalized spacial score (nSPS) is 11.4. The second-order valence-electron chi connectivity index (χ2n) is 8.22. The van der Waals surface area contributed by atoms with E-state index in [1.807, 2.05) is 0 Å². The number of nitrogens with one attached hydrogen (secondary N) is 2. The molecular weight excluding hydrogens is 662 g/mol. The molecule has 206 valence electrons. The molecule has 0 aliphatic carbocycles. The number of rotatable bonds is 10. The Labute approximate surface area is 243 Å². The summed E-state index contributed by atoms with van der Waals surface area (Å²) in [5.41, 5.74) is 3.68. The molecule has 9 nitrogen and oxygen atoms in total. The van der Waals surface area contributed by atoms with Gasteiger partial charge in [0.05, 0.1) is 32.4 Å². The minimum Gasteiger partial charge on any atom is -0.488 e. The maximum absolute atomic E-state index is 12.9. The second-order valence-corrected chi connectivity index (χ2v) is 10.2. The Bertz CT molecular complexity index is 1560. The molecule has 0 saturated carbocycles. The van der Waals surface area contributed by atoms with Crippen molar-refractivity contribution < 1.29 is 27.6 Å². The van der Waals surface area contributed by atoms with Crippen LogP contribution < -0.4 is 15.5 Å². The van der Waals surface area contributed by atoms with E-state index < -0.39 is 22.6 Å². The van der Waals surface area contributed by atoms with Gasteiger partial charge in [0.15, 0.2) is 5.13 Å². The van der Waals surface area contributed by atoms with E-state index in [1.165, 1.54) is 30.5 Å². The van der Waals surface area contributed by atoms with Gasteiger partial charge in [0, 0.05) is 23.2 Å². The number of alkyl halides is 3. The highest BCUT2D eigenvalue weighted by Gasteiger charge is 2.30. The van der Waals surface area contributed by atoms with Gasteiger partial charge < -0.3 is 10.1 Å². The van der Waals surface area contributed by atoms with Crippen molar-refractivity contribution in [3.63, 3.8) is 0 Å². The smallest absolute Gasteiger partial charge is 0.416 e. The van der Waals surface area contributed by atoms with Gasteiger partial charge in [-0.05, 0) is 70.1 Å². The van der Waals surface area contributed by atoms with Crippen molar-refractivity contribution in [2.75, 3.05) is 5.32 Å². The molecule has 1 amide bonds. The van der Waals surface area contributed by atoms with Crippen LogP contribution in [-0.2, 0) is 24.0 Å². The van der Waals surface area contributed by atoms with Crippen LogP contribution in [0.2, 0.25) is 0 Å². The lowest BCUT2D eigenvalue weighted by atomic mass is 10.2. The average Bonchev–Trinajstić information content (AvgIpc) is 3.34. The first kappa shape index (κ1) is 28.9. The third kappa shape index (κ3) is 8.22. The molecule has 0 saturated heterocycles. The molecule has 3 aromatic carbocycles. The molecule has 40 heavy (non-hydrogen) atoms. The fourth-order valence-electron chi connectivity index (χ4n) is 3.36. The molecule has 1 heterocycles. The number of nitrogens with zero attached hydrogens (tertiary/aromatic N) is 3. The number of anilines is 2. The van der Waals surface area contributed by atoms with Crippen molar-refractivity contribution in [1.82, 2.24) is 10.4 Å². The monoisotopic (exact) mass is 681 g/mol. The van der Waals surface area contributed by atoms with Gasteiger partial charge in [-0.3, -0.25) is 14.9 Å². The molecule has 2 N–H and O–H groups in total. The summed E-state index contributed by atoms with van der Waals surface area (Å²) in [6, 6.07) is 16.2. The molecule has 14 heteroatoms. The van der Waals surface area contributed by atoms with Gasteiger partial charge in [0.2, 0.25) is 5.91 Å². The number of carbonyl (C=O) groups is 1. The summed E-state index contributed by atoms with van der Waals surface area (Å²) in [5.74, 6) is 0.171. The summed E-state index contributed by atoms with van der Waals surface area (Å²) in [5, 5.41) is 19.7. The quantitative estimate of drug-likeness (QED) is 0.0834. The predicted octanol–water partition coefficient (Wildman–Crippen LogP) is 6.69. The number of carbonyl (C=O) groups excluding carboxylic acids is 1. The van der Waals surface area contributed by atoms with E-state index >= 15 is 0 Å². The van der Waals surface area contributed by atoms with Crippen LogP contribution in [0.15, 0.2) is 77.2 Å². The number of nitro groups is 1. The minimum absolute atomic E-state index is 0.00793. The zero-order chi connectivity index (χ0) is 28.7. The van der Waals surface area contributed by atoms with Gasteiger partial charge in [0.1, 0.15) is 12.4 Å². The summed E-state index contributed by atoms with van der Waals surface area (Å²) in [4.78, 5) is 27.0. The maximum atomic E-state index is 12.9. The van der Waals surface area contributed by atoms with Crippen LogP contribution in [-0.4, -0.2) is 22.0 Å². The van der Waals surface area contributed by atoms with E-state index in [1.54, 1.807) is 35.7 Å². The van der Waals surface area contributed by atoms with Crippen molar-refractivity contribution in [2.45, 2.75) is 19.2 Å². The second kappa shape index (κ2) is 12.9. The zero-order valence-corrected chi connectivity index (χ0v) is 23.3. The Balaban J connectivity index is 1.27. The molecule has 0 fully saturated rings. The molecule has 1 aromatic heterocycles. The zero-order valence-electron chi connectivity index (χ0n) is 20.3. The van der Waals surface area contributed by atoms with Crippen molar-refractivity contribution in [1.29, 1.82) is 0 Å². The van der Waals surface area contributed by atoms with Crippen LogP contribution >= 0.6 is 33.9 Å². The number of benzene rings is 3. The molecule has 4 aromatic rings. The maximum Gasteiger partial charge on any atom is 0.416 e. The van der Waals surface area contributed by atoms with E-state index in [-0.39, 0.29) is 24.4 Å². The number of thiazole rings is 1. The van der Waals surface area contributed by atoms with Crippen LogP contribution in [0.5, 0.6) is 5.75 Å². The number of ether oxygens (including phenoxy) is 1. The standard InChI is InChI=1S/C26H19F3IN5O4S/c27-26(28,29)18-4-2-5-19(11-18)32-25-33-20(15-40-25)12-24(36)34-31-13-16-7-8-23(22(30)10-16)39-14-17-3-1-6-21(9-17)35(37)38/h1-11,13,15H,12,14H2,(H,32,33)(H,34,36)/b31-13-. The number of hydrogen-bond donors (Lipinski definition) is 2. The van der Waals surface area contributed by atoms with Crippen LogP contribution in [0.3, 0.4) is 0 Å². The van der Waals surface area contributed by atoms with E-state index in [9.17, 15) is 28.1 Å². The third-order valence-electron chi connectivity index (χ3n) is 5.21. The minimum atomic E-state index is -4.45. The fraction of sp³-hybridized carbons (Fsp3) is 0.115. The molecule has 0 bridgehead atoms. The SMILES string of the molecule is O=C(Cc1csc(Nc2cccc(C(F)(F)F)c2)n1)N/N=C\c1ccc(OCc2cccc([N+](=O)[O-])c2)c(I)c1. The van der Waals surface area contributed by atoms with Crippen molar-refractivity contribution in [3.05, 3.63) is 108 Å². The van der Waals surface area contributed by atoms with Gasteiger partial charge in [-0.15, -0.1) is 11.3 Å². The van der Waals surface area contributed by atoms with E-state index in [2.05, 4.69) is 43.4 Å². The molecule has 0 aliphatic heterocycles. The molecule has 0 atom stereocenters. The van der Waals surface area contributed by atoms with E-state index in [0.717, 1.165) is 27.0 Å². The first-order chi connectivity index (χ1) is 19.1. The predicted molar refractivity (Wildman–Crippen MR) is 153 cm³/mol. The summed E-state index contributed by atoms with van der Waals surface area (Å²) in [7, 11) is 0. The Morgan fingerprint density at radius 3 is 2.70 bits per heavy atom. The lowest BCUT2D eigenvalue weighted by molar-refractivity contribution is -0.384. The molecule has 0 radical (unpaired) electrons. The Morgan fingerprint density at radius 2 is 1.95 bits per heavy atom. The van der Waals surface area contributed by atoms with Gasteiger partial charge in [-0.25, -0.2) is 10.4 Å². The number of halogens is 4. The number of amides is 1. The largest absolute Gasteiger partial charge is 0.488 e. The Hall–Kier alpha value is -4.05. The summed E-state index contributed by atoms with van der Waals surface area (Å²) >= 11 is 3.25. The highest BCUT2D eigenvalue weighted by atomic mass is 127. The topological polar surface area (TPSA) is 119 Å². The summed E-state index contributed by atoms with van der Waals surface area (Å²) in [6.45, 7) is 0.162. The van der Waals surface area contributed by atoms with Gasteiger partial charge in [-0.1, -0.05) is 18.2 Å². The lowest BCUT2D eigenvalue weighted by Crippen LogP contribution is -2.19. The fourth-order valence-corrected chi connectivity index (χ4v) is 4.79. The van der Waals surface area contributed by atoms with E-state index in [0.29, 0.717) is 27.7 Å². The van der Waals surface area contributed by atoms with Gasteiger partial charge in [0.25, 0.3) is 5.69 Å². The highest BCUT2D eigenvalue weighted by molar-refractivity contribution is 14.1. The lowest BCUT2D eigenvalue weighted by Gasteiger charge is -2.09. The average molecular weight is 681 g/mol. The van der Waals surface area contributed by atoms with Crippen molar-refractivity contribution in [2.24, 2.45) is 5.10 Å². The number of non-ortho nitro benzene ring substituents is 1. The summed E-state index contributed by atoms with van der Waals surface area (Å²) < 4.78 is 45.3. The first-order valence-corrected chi connectivity index (χ1v) is 13.4. The highest BCUT2D eigenvalue weighted by Crippen LogP contribution is 2.32. The Kier molecular flexibility index (Phi) is 9.31. The van der Waals surface area contributed by atoms with Crippen LogP contribution in [0.4, 0.5) is 29.7 Å². The molecule has 4 rings (SSSR count). The van der Waals surface area contributed by atoms with Crippen molar-refractivity contribution >= 4 is 62.6 Å². The Morgan fingerprint density at radius 1 is 1.15 bits per heavy atom. The molecular formula is C26H19F3IN5O4S. The van der Waals surface area contributed by atoms with Gasteiger partial charge in [-0.2, -0.15) is 18.3 Å². The van der Waals surface area contributed by atoms with Crippen LogP contribution in [0.1, 0.15) is 22.4 Å². The number of hydrazone groups is 1. The molecule has 0 spiro atoms. The van der Waals surface area contributed by atoms with Crippen LogP contribution in [0.25, 0.3) is 0 Å². The molecule has 0 aliphatic rings. The van der Waals surface area contributed by atoms with E-state index in [4.69, 9.17) is 4.74 Å².